The van der Waals surface area contributed by atoms with Gasteiger partial charge < -0.3 is 5.73 Å². The van der Waals surface area contributed by atoms with E-state index in [1.165, 1.54) is 0 Å². The quantitative estimate of drug-likeness (QED) is 0.435. The molecule has 1 aromatic heterocycles. The van der Waals surface area contributed by atoms with Crippen molar-refractivity contribution in [3.63, 3.8) is 0 Å². The smallest absolute Gasteiger partial charge is 0.141 e. The van der Waals surface area contributed by atoms with Gasteiger partial charge in [0.2, 0.25) is 0 Å². The number of fused-ring (bicyclic) bond motifs is 1. The van der Waals surface area contributed by atoms with Crippen molar-refractivity contribution >= 4 is 17.6 Å². The van der Waals surface area contributed by atoms with Crippen LogP contribution < -0.4 is 5.73 Å². The van der Waals surface area contributed by atoms with Gasteiger partial charge in [-0.2, -0.15) is 16.9 Å². The van der Waals surface area contributed by atoms with E-state index in [9.17, 15) is 0 Å². The number of aromatic nitrogens is 2. The Morgan fingerprint density at radius 1 is 1.73 bits per heavy atom. The fourth-order valence-electron chi connectivity index (χ4n) is 1.75. The Morgan fingerprint density at radius 3 is 3.20 bits per heavy atom. The van der Waals surface area contributed by atoms with Crippen LogP contribution in [0, 0.1) is 17.8 Å². The van der Waals surface area contributed by atoms with E-state index in [0.717, 1.165) is 29.2 Å². The van der Waals surface area contributed by atoms with E-state index >= 15 is 0 Å². The van der Waals surface area contributed by atoms with Crippen molar-refractivity contribution in [3.05, 3.63) is 17.0 Å². The molecular formula is C10H12N4S. The average molecular weight is 220 g/mol. The van der Waals surface area contributed by atoms with Crippen molar-refractivity contribution in [2.24, 2.45) is 5.73 Å². The lowest BCUT2D eigenvalue weighted by molar-refractivity contribution is 0.693. The van der Waals surface area contributed by atoms with Crippen molar-refractivity contribution < 1.29 is 0 Å². The van der Waals surface area contributed by atoms with Gasteiger partial charge in [0.1, 0.15) is 18.1 Å². The molecule has 3 N–H and O–H groups in total. The van der Waals surface area contributed by atoms with Crippen molar-refractivity contribution in [2.45, 2.75) is 18.7 Å². The van der Waals surface area contributed by atoms with Gasteiger partial charge in [0.15, 0.2) is 0 Å². The first-order chi connectivity index (χ1) is 7.24. The zero-order valence-electron chi connectivity index (χ0n) is 8.29. The predicted molar refractivity (Wildman–Crippen MR) is 61.9 cm³/mol. The molecule has 0 aromatic carbocycles. The zero-order chi connectivity index (χ0) is 10.8. The van der Waals surface area contributed by atoms with E-state index in [1.54, 1.807) is 4.68 Å². The highest BCUT2D eigenvalue weighted by molar-refractivity contribution is 7.98. The molecule has 2 rings (SSSR count). The minimum atomic E-state index is 0.0569. The molecule has 0 saturated carbocycles. The lowest BCUT2D eigenvalue weighted by Gasteiger charge is -2.10. The van der Waals surface area contributed by atoms with Gasteiger partial charge >= 0.3 is 0 Å². The van der Waals surface area contributed by atoms with Crippen molar-refractivity contribution in [1.29, 1.82) is 5.41 Å². The summed E-state index contributed by atoms with van der Waals surface area (Å²) in [5.41, 5.74) is 8.40. The van der Waals surface area contributed by atoms with Crippen LogP contribution in [0.25, 0.3) is 0 Å². The number of thioether (sulfide) groups is 1. The Morgan fingerprint density at radius 2 is 2.53 bits per heavy atom. The molecule has 2 heterocycles. The third-order valence-electron chi connectivity index (χ3n) is 2.36. The summed E-state index contributed by atoms with van der Waals surface area (Å²) in [5, 5.41) is 12.0. The molecule has 0 radical (unpaired) electrons. The van der Waals surface area contributed by atoms with Gasteiger partial charge in [0, 0.05) is 17.7 Å². The van der Waals surface area contributed by atoms with Crippen molar-refractivity contribution in [1.82, 2.24) is 9.78 Å². The molecule has 4 nitrogen and oxygen atoms in total. The number of nitrogens with two attached hydrogens (primary N) is 1. The van der Waals surface area contributed by atoms with Crippen LogP contribution >= 0.6 is 11.8 Å². The fraction of sp³-hybridized carbons (Fsp3) is 0.400. The van der Waals surface area contributed by atoms with Gasteiger partial charge in [0.05, 0.1) is 5.69 Å². The van der Waals surface area contributed by atoms with Crippen LogP contribution in [0.15, 0.2) is 0 Å². The van der Waals surface area contributed by atoms with E-state index < -0.39 is 0 Å². The second-order valence-electron chi connectivity index (χ2n) is 3.35. The molecular weight excluding hydrogens is 208 g/mol. The van der Waals surface area contributed by atoms with Crippen LogP contribution in [0.3, 0.4) is 0 Å². The molecule has 0 fully saturated rings. The number of rotatable bonds is 2. The average Bonchev–Trinajstić information content (AvgIpc) is 2.56. The molecule has 0 spiro atoms. The first-order valence-electron chi connectivity index (χ1n) is 4.68. The number of amidine groups is 1. The van der Waals surface area contributed by atoms with E-state index in [0.29, 0.717) is 12.2 Å². The van der Waals surface area contributed by atoms with Gasteiger partial charge in [-0.1, -0.05) is 5.92 Å². The maximum Gasteiger partial charge on any atom is 0.141 e. The molecule has 0 bridgehead atoms. The van der Waals surface area contributed by atoms with Crippen molar-refractivity contribution in [2.75, 3.05) is 5.75 Å². The number of hydrogen-bond acceptors (Lipinski definition) is 3. The summed E-state index contributed by atoms with van der Waals surface area (Å²) in [6.45, 7) is 0.382. The first-order valence-corrected chi connectivity index (χ1v) is 5.83. The molecule has 1 aliphatic rings. The number of aryl methyl sites for hydroxylation is 1. The van der Waals surface area contributed by atoms with E-state index in [1.807, 2.05) is 11.8 Å². The second-order valence-corrected chi connectivity index (χ2v) is 4.46. The molecule has 0 unspecified atom stereocenters. The molecule has 0 amide bonds. The number of nitrogen functional groups attached to an aromatic ring is 1. The maximum atomic E-state index is 7.55. The highest BCUT2D eigenvalue weighted by atomic mass is 32.2. The van der Waals surface area contributed by atoms with Crippen LogP contribution in [0.4, 0.5) is 0 Å². The highest BCUT2D eigenvalue weighted by Crippen LogP contribution is 2.26. The van der Waals surface area contributed by atoms with Crippen LogP contribution in [-0.4, -0.2) is 21.4 Å². The number of nitrogens with zero attached hydrogens (tertiary/aromatic N) is 2. The summed E-state index contributed by atoms with van der Waals surface area (Å²) in [7, 11) is 0. The Balaban J connectivity index is 2.51. The molecule has 0 atom stereocenters. The number of hydrogen-bond donors (Lipinski definition) is 2. The third-order valence-corrected chi connectivity index (χ3v) is 3.35. The van der Waals surface area contributed by atoms with Crippen LogP contribution in [0.5, 0.6) is 0 Å². The Kier molecular flexibility index (Phi) is 2.69. The van der Waals surface area contributed by atoms with E-state index in [4.69, 9.17) is 17.6 Å². The number of terminal acetylenes is 1. The number of nitrogens with one attached hydrogen (secondary N) is 1. The topological polar surface area (TPSA) is 67.7 Å². The van der Waals surface area contributed by atoms with E-state index in [-0.39, 0.29) is 5.84 Å². The first kappa shape index (κ1) is 10.1. The summed E-state index contributed by atoms with van der Waals surface area (Å²) in [4.78, 5) is 0. The summed E-state index contributed by atoms with van der Waals surface area (Å²) >= 11 is 1.84. The maximum absolute atomic E-state index is 7.55. The predicted octanol–water partition coefficient (Wildman–Crippen LogP) is 0.590. The van der Waals surface area contributed by atoms with Gasteiger partial charge in [-0.25, -0.2) is 4.68 Å². The van der Waals surface area contributed by atoms with Crippen LogP contribution in [-0.2, 0) is 18.7 Å². The Bertz CT molecular complexity index is 441. The fourth-order valence-corrected chi connectivity index (χ4v) is 2.74. The van der Waals surface area contributed by atoms with Crippen LogP contribution in [0.1, 0.15) is 17.0 Å². The Hall–Kier alpha value is -1.41. The summed E-state index contributed by atoms with van der Waals surface area (Å²) in [5.74, 6) is 4.55. The molecule has 0 aliphatic carbocycles. The van der Waals surface area contributed by atoms with Gasteiger partial charge in [-0.15, -0.1) is 6.42 Å². The standard InChI is InChI=1S/C10H12N4S/c1-2-4-14-9(10(11)12)7-6-15-5-3-8(7)13-14/h1H,3-6H2,(H3,11,12). The minimum absolute atomic E-state index is 0.0569. The third kappa shape index (κ3) is 1.73. The summed E-state index contributed by atoms with van der Waals surface area (Å²) < 4.78 is 1.67. The van der Waals surface area contributed by atoms with Gasteiger partial charge in [-0.05, 0) is 5.75 Å². The minimum Gasteiger partial charge on any atom is -0.382 e. The zero-order valence-corrected chi connectivity index (χ0v) is 9.10. The second kappa shape index (κ2) is 3.99. The largest absolute Gasteiger partial charge is 0.382 e. The molecule has 0 saturated heterocycles. The normalized spacial score (nSPS) is 14.3. The molecule has 1 aliphatic heterocycles. The van der Waals surface area contributed by atoms with Gasteiger partial charge in [0.25, 0.3) is 0 Å². The summed E-state index contributed by atoms with van der Waals surface area (Å²) in [6.07, 6.45) is 6.20. The SMILES string of the molecule is C#CCn1nc2c(c1C(=N)N)CSCC2. The lowest BCUT2D eigenvalue weighted by Crippen LogP contribution is -2.19. The van der Waals surface area contributed by atoms with E-state index in [2.05, 4.69) is 11.0 Å². The van der Waals surface area contributed by atoms with Gasteiger partial charge in [-0.3, -0.25) is 5.41 Å². The molecule has 78 valence electrons. The highest BCUT2D eigenvalue weighted by Gasteiger charge is 2.21. The molecule has 15 heavy (non-hydrogen) atoms. The molecule has 1 aromatic rings. The van der Waals surface area contributed by atoms with Crippen LogP contribution in [0.2, 0.25) is 0 Å². The monoisotopic (exact) mass is 220 g/mol. The molecule has 5 heteroatoms. The Labute approximate surface area is 92.7 Å². The summed E-state index contributed by atoms with van der Waals surface area (Å²) in [6, 6.07) is 0. The lowest BCUT2D eigenvalue weighted by atomic mass is 10.1. The van der Waals surface area contributed by atoms with Crippen molar-refractivity contribution in [3.8, 4) is 12.3 Å².